The fourth-order valence-corrected chi connectivity index (χ4v) is 3.59. The number of para-hydroxylation sites is 1. The molecular formula is C18H16N6OS. The molecule has 4 rings (SSSR count). The lowest BCUT2D eigenvalue weighted by atomic mass is 10.2. The number of rotatable bonds is 4. The van der Waals surface area contributed by atoms with Crippen LogP contribution in [0.1, 0.15) is 11.4 Å². The van der Waals surface area contributed by atoms with Crippen molar-refractivity contribution >= 4 is 22.7 Å². The van der Waals surface area contributed by atoms with E-state index in [0.717, 1.165) is 11.3 Å². The van der Waals surface area contributed by atoms with Crippen molar-refractivity contribution in [3.63, 3.8) is 0 Å². The van der Waals surface area contributed by atoms with E-state index in [9.17, 15) is 4.79 Å². The summed E-state index contributed by atoms with van der Waals surface area (Å²) in [5, 5.41) is 13.2. The molecule has 0 spiro atoms. The highest BCUT2D eigenvalue weighted by atomic mass is 32.2. The van der Waals surface area contributed by atoms with Crippen LogP contribution in [0.25, 0.3) is 16.6 Å². The minimum absolute atomic E-state index is 0.0514. The Bertz CT molecular complexity index is 1150. The van der Waals surface area contributed by atoms with Gasteiger partial charge < -0.3 is 0 Å². The lowest BCUT2D eigenvalue weighted by Gasteiger charge is -2.09. The Kier molecular flexibility index (Phi) is 4.26. The normalized spacial score (nSPS) is 11.2. The molecule has 26 heavy (non-hydrogen) atoms. The summed E-state index contributed by atoms with van der Waals surface area (Å²) in [6.45, 7) is 2.02. The molecule has 0 atom stereocenters. The van der Waals surface area contributed by atoms with Crippen LogP contribution in [0.15, 0.2) is 58.5 Å². The first-order valence-corrected chi connectivity index (χ1v) is 9.05. The molecular weight excluding hydrogens is 348 g/mol. The summed E-state index contributed by atoms with van der Waals surface area (Å²) in [6.07, 6.45) is 0. The fourth-order valence-electron chi connectivity index (χ4n) is 2.71. The van der Waals surface area contributed by atoms with Crippen LogP contribution in [0.4, 0.5) is 0 Å². The van der Waals surface area contributed by atoms with Gasteiger partial charge in [0.25, 0.3) is 5.56 Å². The molecule has 0 amide bonds. The third-order valence-electron chi connectivity index (χ3n) is 4.09. The second-order valence-electron chi connectivity index (χ2n) is 5.91. The largest absolute Gasteiger partial charge is 0.299 e. The van der Waals surface area contributed by atoms with Gasteiger partial charge >= 0.3 is 0 Å². The zero-order valence-corrected chi connectivity index (χ0v) is 15.1. The van der Waals surface area contributed by atoms with E-state index in [1.807, 2.05) is 49.4 Å². The number of tetrazole rings is 1. The van der Waals surface area contributed by atoms with Crippen LogP contribution in [0.5, 0.6) is 0 Å². The van der Waals surface area contributed by atoms with Gasteiger partial charge in [-0.2, -0.15) is 4.68 Å². The van der Waals surface area contributed by atoms with Gasteiger partial charge in [-0.05, 0) is 47.2 Å². The number of aryl methyl sites for hydroxylation is 1. The van der Waals surface area contributed by atoms with Crippen LogP contribution in [0.3, 0.4) is 0 Å². The highest BCUT2D eigenvalue weighted by molar-refractivity contribution is 7.98. The minimum Gasteiger partial charge on any atom is -0.299 e. The molecule has 0 aliphatic heterocycles. The van der Waals surface area contributed by atoms with Crippen molar-refractivity contribution in [1.82, 2.24) is 29.8 Å². The summed E-state index contributed by atoms with van der Waals surface area (Å²) < 4.78 is 3.27. The summed E-state index contributed by atoms with van der Waals surface area (Å²) in [5.41, 5.74) is 2.68. The summed E-state index contributed by atoms with van der Waals surface area (Å²) in [4.78, 5) is 17.1. The quantitative estimate of drug-likeness (QED) is 0.518. The molecule has 0 fully saturated rings. The van der Waals surface area contributed by atoms with Crippen LogP contribution in [-0.4, -0.2) is 29.8 Å². The average molecular weight is 364 g/mol. The Morgan fingerprint density at radius 2 is 1.96 bits per heavy atom. The Balaban J connectivity index is 1.65. The lowest BCUT2D eigenvalue weighted by molar-refractivity contribution is 0.752. The maximum Gasteiger partial charge on any atom is 0.261 e. The highest BCUT2D eigenvalue weighted by Gasteiger charge is 2.13. The smallest absolute Gasteiger partial charge is 0.261 e. The molecule has 2 aromatic carbocycles. The molecule has 2 aromatic heterocycles. The van der Waals surface area contributed by atoms with Gasteiger partial charge in [0.2, 0.25) is 5.16 Å². The molecule has 4 aromatic rings. The Hall–Kier alpha value is -3.00. The van der Waals surface area contributed by atoms with Crippen LogP contribution in [0.2, 0.25) is 0 Å². The van der Waals surface area contributed by atoms with E-state index < -0.39 is 0 Å². The van der Waals surface area contributed by atoms with Crippen molar-refractivity contribution < 1.29 is 0 Å². The standard InChI is InChI=1S/C18H16N6OS/c1-12-6-5-7-13(10-12)24-18(20-21-22-24)26-11-16-19-15-9-4-3-8-14(15)17(25)23(16)2/h3-10H,11H2,1-2H3. The number of thioether (sulfide) groups is 1. The fraction of sp³-hybridized carbons (Fsp3) is 0.167. The van der Waals surface area contributed by atoms with Gasteiger partial charge in [0.1, 0.15) is 5.82 Å². The van der Waals surface area contributed by atoms with E-state index in [0.29, 0.717) is 27.6 Å². The van der Waals surface area contributed by atoms with Crippen LogP contribution in [0, 0.1) is 6.92 Å². The first kappa shape index (κ1) is 16.5. The van der Waals surface area contributed by atoms with Gasteiger partial charge in [-0.3, -0.25) is 9.36 Å². The number of benzene rings is 2. The third kappa shape index (κ3) is 2.99. The molecule has 130 valence electrons. The van der Waals surface area contributed by atoms with Gasteiger partial charge in [0, 0.05) is 7.05 Å². The minimum atomic E-state index is -0.0514. The van der Waals surface area contributed by atoms with Crippen molar-refractivity contribution in [1.29, 1.82) is 0 Å². The van der Waals surface area contributed by atoms with E-state index in [2.05, 4.69) is 20.5 Å². The molecule has 0 radical (unpaired) electrons. The molecule has 0 saturated heterocycles. The first-order chi connectivity index (χ1) is 12.6. The molecule has 0 saturated carbocycles. The van der Waals surface area contributed by atoms with E-state index in [1.165, 1.54) is 11.8 Å². The van der Waals surface area contributed by atoms with Gasteiger partial charge in [0.05, 0.1) is 22.3 Å². The van der Waals surface area contributed by atoms with E-state index in [1.54, 1.807) is 22.4 Å². The average Bonchev–Trinajstić information content (AvgIpc) is 3.12. The molecule has 8 heteroatoms. The Labute approximate surface area is 153 Å². The van der Waals surface area contributed by atoms with Crippen molar-refractivity contribution in [2.45, 2.75) is 17.8 Å². The van der Waals surface area contributed by atoms with Crippen molar-refractivity contribution in [2.75, 3.05) is 0 Å². The van der Waals surface area contributed by atoms with Crippen LogP contribution < -0.4 is 5.56 Å². The second-order valence-corrected chi connectivity index (χ2v) is 6.85. The molecule has 0 unspecified atom stereocenters. The number of hydrogen-bond acceptors (Lipinski definition) is 6. The van der Waals surface area contributed by atoms with E-state index in [-0.39, 0.29) is 5.56 Å². The van der Waals surface area contributed by atoms with Crippen LogP contribution in [-0.2, 0) is 12.8 Å². The first-order valence-electron chi connectivity index (χ1n) is 8.06. The third-order valence-corrected chi connectivity index (χ3v) is 5.01. The van der Waals surface area contributed by atoms with Crippen molar-refractivity contribution in [2.24, 2.45) is 7.05 Å². The Morgan fingerprint density at radius 1 is 1.12 bits per heavy atom. The molecule has 0 aliphatic rings. The molecule has 0 aliphatic carbocycles. The van der Waals surface area contributed by atoms with Gasteiger partial charge in [0.15, 0.2) is 0 Å². The summed E-state index contributed by atoms with van der Waals surface area (Å²) in [7, 11) is 1.74. The van der Waals surface area contributed by atoms with Crippen molar-refractivity contribution in [3.05, 3.63) is 70.3 Å². The van der Waals surface area contributed by atoms with E-state index in [4.69, 9.17) is 0 Å². The highest BCUT2D eigenvalue weighted by Crippen LogP contribution is 2.22. The summed E-state index contributed by atoms with van der Waals surface area (Å²) >= 11 is 1.44. The number of fused-ring (bicyclic) bond motifs is 1. The predicted octanol–water partition coefficient (Wildman–Crippen LogP) is 2.51. The number of hydrogen-bond donors (Lipinski definition) is 0. The number of nitrogens with zero attached hydrogens (tertiary/aromatic N) is 6. The zero-order valence-electron chi connectivity index (χ0n) is 14.3. The SMILES string of the molecule is Cc1cccc(-n2nnnc2SCc2nc3ccccc3c(=O)n2C)c1. The maximum absolute atomic E-state index is 12.5. The monoisotopic (exact) mass is 364 g/mol. The molecule has 0 bridgehead atoms. The summed E-state index contributed by atoms with van der Waals surface area (Å²) in [5.74, 6) is 1.17. The van der Waals surface area contributed by atoms with E-state index >= 15 is 0 Å². The Morgan fingerprint density at radius 3 is 2.81 bits per heavy atom. The molecule has 0 N–H and O–H groups in total. The number of aromatic nitrogens is 6. The van der Waals surface area contributed by atoms with Gasteiger partial charge in [-0.25, -0.2) is 4.98 Å². The zero-order chi connectivity index (χ0) is 18.1. The molecule has 7 nitrogen and oxygen atoms in total. The van der Waals surface area contributed by atoms with Crippen LogP contribution >= 0.6 is 11.8 Å². The lowest BCUT2D eigenvalue weighted by Crippen LogP contribution is -2.22. The second kappa shape index (κ2) is 6.72. The predicted molar refractivity (Wildman–Crippen MR) is 100 cm³/mol. The van der Waals surface area contributed by atoms with Gasteiger partial charge in [-0.1, -0.05) is 36.0 Å². The van der Waals surface area contributed by atoms with Gasteiger partial charge in [-0.15, -0.1) is 5.10 Å². The summed E-state index contributed by atoms with van der Waals surface area (Å²) in [6, 6.07) is 15.3. The maximum atomic E-state index is 12.5. The molecule has 2 heterocycles. The topological polar surface area (TPSA) is 78.5 Å². The van der Waals surface area contributed by atoms with Crippen molar-refractivity contribution in [3.8, 4) is 5.69 Å².